The number of rotatable bonds is 5. The van der Waals surface area contributed by atoms with E-state index >= 15 is 0 Å². The molecule has 8 heteroatoms. The first kappa shape index (κ1) is 17.3. The molecular weight excluding hydrogens is 354 g/mol. The van der Waals surface area contributed by atoms with E-state index < -0.39 is 29.1 Å². The lowest BCUT2D eigenvalue weighted by atomic mass is 10.1. The van der Waals surface area contributed by atoms with Gasteiger partial charge in [-0.2, -0.15) is 10.2 Å². The number of benzene rings is 1. The van der Waals surface area contributed by atoms with Crippen LogP contribution in [-0.2, 0) is 12.1 Å². The molecule has 0 N–H and O–H groups in total. The number of nitrogens with zero attached hydrogens (tertiary/aromatic N) is 4. The molecule has 1 saturated carbocycles. The van der Waals surface area contributed by atoms with Gasteiger partial charge in [-0.3, -0.25) is 9.59 Å². The third-order valence-electron chi connectivity index (χ3n) is 4.85. The Morgan fingerprint density at radius 3 is 2.41 bits per heavy atom. The van der Waals surface area contributed by atoms with E-state index in [9.17, 15) is 18.4 Å². The molecule has 2 aromatic heterocycles. The minimum absolute atomic E-state index is 0.0437. The van der Waals surface area contributed by atoms with Crippen molar-refractivity contribution in [2.45, 2.75) is 24.9 Å². The van der Waals surface area contributed by atoms with E-state index in [4.69, 9.17) is 0 Å². The maximum Gasteiger partial charge on any atom is 0.317 e. The van der Waals surface area contributed by atoms with Crippen LogP contribution in [0.3, 0.4) is 0 Å². The summed E-state index contributed by atoms with van der Waals surface area (Å²) in [6, 6.07) is 9.45. The summed E-state index contributed by atoms with van der Waals surface area (Å²) in [7, 11) is 0. The second-order valence-electron chi connectivity index (χ2n) is 6.65. The zero-order valence-corrected chi connectivity index (χ0v) is 14.3. The van der Waals surface area contributed by atoms with Gasteiger partial charge in [0.15, 0.2) is 0 Å². The Morgan fingerprint density at radius 1 is 1.00 bits per heavy atom. The van der Waals surface area contributed by atoms with Crippen LogP contribution in [0.25, 0.3) is 11.3 Å². The summed E-state index contributed by atoms with van der Waals surface area (Å²) in [6.07, 6.45) is 4.00. The molecule has 0 aliphatic heterocycles. The van der Waals surface area contributed by atoms with Crippen molar-refractivity contribution in [1.82, 2.24) is 19.3 Å². The predicted octanol–water partition coefficient (Wildman–Crippen LogP) is 2.11. The lowest BCUT2D eigenvalue weighted by molar-refractivity contribution is 0.326. The number of alkyl halides is 1. The lowest BCUT2D eigenvalue weighted by Gasteiger charge is -2.15. The van der Waals surface area contributed by atoms with Crippen molar-refractivity contribution >= 4 is 0 Å². The molecule has 1 fully saturated rings. The molecule has 0 radical (unpaired) electrons. The van der Waals surface area contributed by atoms with Crippen molar-refractivity contribution in [1.29, 1.82) is 0 Å². The minimum atomic E-state index is -0.851. The van der Waals surface area contributed by atoms with E-state index in [1.54, 1.807) is 30.3 Å². The molecule has 1 aromatic carbocycles. The standard InChI is InChI=1S/C19H16F2N4O2/c20-12-19(7-8-19)25-10-9-24(17(26)18(25)27)11-13-5-6-16(23-22-13)14-3-1-2-4-15(14)21/h1-6,9-10H,7-8,11-12H2. The van der Waals surface area contributed by atoms with Crippen molar-refractivity contribution in [3.8, 4) is 11.3 Å². The zero-order valence-electron chi connectivity index (χ0n) is 14.3. The van der Waals surface area contributed by atoms with Gasteiger partial charge >= 0.3 is 11.1 Å². The van der Waals surface area contributed by atoms with Gasteiger partial charge in [0.05, 0.1) is 23.5 Å². The molecule has 1 aliphatic carbocycles. The Morgan fingerprint density at radius 2 is 1.78 bits per heavy atom. The molecule has 2 heterocycles. The second-order valence-corrected chi connectivity index (χ2v) is 6.65. The molecule has 27 heavy (non-hydrogen) atoms. The first-order valence-electron chi connectivity index (χ1n) is 8.50. The fraction of sp³-hybridized carbons (Fsp3) is 0.263. The molecule has 4 rings (SSSR count). The lowest BCUT2D eigenvalue weighted by Crippen LogP contribution is -2.45. The Balaban J connectivity index is 1.60. The van der Waals surface area contributed by atoms with E-state index in [1.165, 1.54) is 27.6 Å². The summed E-state index contributed by atoms with van der Waals surface area (Å²) in [5, 5.41) is 8.02. The summed E-state index contributed by atoms with van der Waals surface area (Å²) in [4.78, 5) is 24.6. The molecule has 1 aliphatic rings. The quantitative estimate of drug-likeness (QED) is 0.645. The van der Waals surface area contributed by atoms with Crippen molar-refractivity contribution in [3.05, 3.63) is 81.0 Å². The Kier molecular flexibility index (Phi) is 4.18. The van der Waals surface area contributed by atoms with E-state index in [0.29, 0.717) is 29.8 Å². The molecule has 3 aromatic rings. The van der Waals surface area contributed by atoms with Gasteiger partial charge in [0.25, 0.3) is 0 Å². The molecular formula is C19H16F2N4O2. The van der Waals surface area contributed by atoms with Crippen LogP contribution in [0.4, 0.5) is 8.78 Å². The molecule has 0 atom stereocenters. The Hall–Kier alpha value is -3.16. The second kappa shape index (κ2) is 6.53. The van der Waals surface area contributed by atoms with Gasteiger partial charge < -0.3 is 9.13 Å². The molecule has 0 saturated heterocycles. The summed E-state index contributed by atoms with van der Waals surface area (Å²) in [6.45, 7) is -0.624. The Labute approximate surface area is 152 Å². The highest BCUT2D eigenvalue weighted by Gasteiger charge is 2.45. The predicted molar refractivity (Wildman–Crippen MR) is 94.7 cm³/mol. The van der Waals surface area contributed by atoms with Crippen LogP contribution in [-0.4, -0.2) is 26.0 Å². The summed E-state index contributed by atoms with van der Waals surface area (Å²) >= 11 is 0. The van der Waals surface area contributed by atoms with E-state index in [0.717, 1.165) is 0 Å². The number of aromatic nitrogens is 4. The van der Waals surface area contributed by atoms with Crippen molar-refractivity contribution in [2.24, 2.45) is 0 Å². The van der Waals surface area contributed by atoms with E-state index in [1.807, 2.05) is 0 Å². The van der Waals surface area contributed by atoms with Crippen LogP contribution >= 0.6 is 0 Å². The summed E-state index contributed by atoms with van der Waals surface area (Å²) < 4.78 is 29.4. The highest BCUT2D eigenvalue weighted by atomic mass is 19.1. The number of hydrogen-bond donors (Lipinski definition) is 0. The zero-order chi connectivity index (χ0) is 19.0. The van der Waals surface area contributed by atoms with Gasteiger partial charge in [0, 0.05) is 18.0 Å². The van der Waals surface area contributed by atoms with Crippen LogP contribution in [0.15, 0.2) is 58.4 Å². The van der Waals surface area contributed by atoms with Crippen molar-refractivity contribution < 1.29 is 8.78 Å². The van der Waals surface area contributed by atoms with Crippen LogP contribution in [0.5, 0.6) is 0 Å². The first-order chi connectivity index (χ1) is 13.0. The average Bonchev–Trinajstić information content (AvgIpc) is 3.48. The SMILES string of the molecule is O=c1c(=O)n(C2(CF)CC2)ccn1Cc1ccc(-c2ccccc2F)nn1. The fourth-order valence-electron chi connectivity index (χ4n) is 3.02. The van der Waals surface area contributed by atoms with Crippen LogP contribution in [0, 0.1) is 5.82 Å². The molecule has 0 spiro atoms. The normalized spacial score (nSPS) is 14.9. The summed E-state index contributed by atoms with van der Waals surface area (Å²) in [5.74, 6) is -0.402. The average molecular weight is 370 g/mol. The largest absolute Gasteiger partial charge is 0.317 e. The molecule has 0 bridgehead atoms. The number of hydrogen-bond acceptors (Lipinski definition) is 4. The third-order valence-corrected chi connectivity index (χ3v) is 4.85. The van der Waals surface area contributed by atoms with Gasteiger partial charge in [0.1, 0.15) is 12.5 Å². The van der Waals surface area contributed by atoms with Crippen molar-refractivity contribution in [2.75, 3.05) is 6.67 Å². The van der Waals surface area contributed by atoms with E-state index in [-0.39, 0.29) is 6.54 Å². The first-order valence-corrected chi connectivity index (χ1v) is 8.50. The monoisotopic (exact) mass is 370 g/mol. The van der Waals surface area contributed by atoms with Gasteiger partial charge in [-0.15, -0.1) is 0 Å². The molecule has 138 valence electrons. The minimum Gasteiger partial charge on any atom is -0.303 e. The highest BCUT2D eigenvalue weighted by molar-refractivity contribution is 5.58. The molecule has 0 amide bonds. The van der Waals surface area contributed by atoms with E-state index in [2.05, 4.69) is 10.2 Å². The van der Waals surface area contributed by atoms with Gasteiger partial charge in [-0.1, -0.05) is 12.1 Å². The topological polar surface area (TPSA) is 69.8 Å². The summed E-state index contributed by atoms with van der Waals surface area (Å²) in [5.41, 5.74) is -1.19. The maximum absolute atomic E-state index is 13.8. The fourth-order valence-corrected chi connectivity index (χ4v) is 3.02. The molecule has 6 nitrogen and oxygen atoms in total. The number of halogens is 2. The van der Waals surface area contributed by atoms with Crippen LogP contribution in [0.2, 0.25) is 0 Å². The van der Waals surface area contributed by atoms with Crippen LogP contribution in [0.1, 0.15) is 18.5 Å². The smallest absolute Gasteiger partial charge is 0.303 e. The van der Waals surface area contributed by atoms with Gasteiger partial charge in [-0.05, 0) is 37.1 Å². The highest BCUT2D eigenvalue weighted by Crippen LogP contribution is 2.42. The Bertz CT molecular complexity index is 1100. The van der Waals surface area contributed by atoms with Crippen molar-refractivity contribution in [3.63, 3.8) is 0 Å². The maximum atomic E-state index is 13.8. The van der Waals surface area contributed by atoms with Gasteiger partial charge in [0.2, 0.25) is 0 Å². The molecule has 0 unspecified atom stereocenters. The van der Waals surface area contributed by atoms with Crippen LogP contribution < -0.4 is 11.1 Å². The third kappa shape index (κ3) is 3.07. The van der Waals surface area contributed by atoms with Gasteiger partial charge in [-0.25, -0.2) is 8.78 Å².